The molecular weight excluding hydrogens is 174 g/mol. The number of nitrogens with zero attached hydrogens (tertiary/aromatic N) is 1. The van der Waals surface area contributed by atoms with Crippen LogP contribution in [0, 0.1) is 0 Å². The van der Waals surface area contributed by atoms with Crippen molar-refractivity contribution >= 4 is 5.97 Å². The predicted molar refractivity (Wildman–Crippen MR) is 45.0 cm³/mol. The summed E-state index contributed by atoms with van der Waals surface area (Å²) in [6.07, 6.45) is 2.90. The van der Waals surface area contributed by atoms with Crippen LogP contribution < -0.4 is 0 Å². The first kappa shape index (κ1) is 10.0. The number of rotatable bonds is 3. The van der Waals surface area contributed by atoms with Gasteiger partial charge < -0.3 is 20.2 Å². The number of hydrogen-bond donors (Lipinski definition) is 3. The fraction of sp³-hybridized carbons (Fsp3) is 0.625. The summed E-state index contributed by atoms with van der Waals surface area (Å²) in [5.41, 5.74) is -1.07. The minimum Gasteiger partial charge on any atom is -0.478 e. The lowest BCUT2D eigenvalue weighted by atomic mass is 10.1. The van der Waals surface area contributed by atoms with Crippen LogP contribution >= 0.6 is 0 Å². The van der Waals surface area contributed by atoms with Gasteiger partial charge in [0, 0.05) is 25.4 Å². The largest absolute Gasteiger partial charge is 0.478 e. The van der Waals surface area contributed by atoms with E-state index in [1.54, 1.807) is 4.90 Å². The van der Waals surface area contributed by atoms with E-state index in [9.17, 15) is 9.90 Å². The van der Waals surface area contributed by atoms with Gasteiger partial charge in [-0.15, -0.1) is 0 Å². The Hall–Kier alpha value is -1.07. The van der Waals surface area contributed by atoms with Crippen LogP contribution in [0.1, 0.15) is 6.42 Å². The number of likely N-dealkylation sites (tertiary alicyclic amines) is 1. The van der Waals surface area contributed by atoms with Crippen molar-refractivity contribution in [1.29, 1.82) is 0 Å². The van der Waals surface area contributed by atoms with E-state index in [0.717, 1.165) is 6.08 Å². The fourth-order valence-electron chi connectivity index (χ4n) is 1.31. The van der Waals surface area contributed by atoms with Gasteiger partial charge in [-0.3, -0.25) is 0 Å². The normalized spacial score (nSPS) is 28.6. The van der Waals surface area contributed by atoms with Crippen LogP contribution in [0.25, 0.3) is 0 Å². The predicted octanol–water partition coefficient (Wildman–Crippen LogP) is -0.986. The summed E-state index contributed by atoms with van der Waals surface area (Å²) in [4.78, 5) is 11.8. The number of carboxylic acids is 1. The summed E-state index contributed by atoms with van der Waals surface area (Å²) < 4.78 is 0. The van der Waals surface area contributed by atoms with Gasteiger partial charge in [0.2, 0.25) is 0 Å². The summed E-state index contributed by atoms with van der Waals surface area (Å²) in [6.45, 7) is 0.568. The molecule has 0 aliphatic carbocycles. The minimum absolute atomic E-state index is 0.285. The highest BCUT2D eigenvalue weighted by Gasteiger charge is 2.33. The fourth-order valence-corrected chi connectivity index (χ4v) is 1.31. The van der Waals surface area contributed by atoms with E-state index < -0.39 is 11.6 Å². The molecule has 1 atom stereocenters. The number of aliphatic hydroxyl groups is 2. The highest BCUT2D eigenvalue weighted by molar-refractivity contribution is 5.79. The average molecular weight is 187 g/mol. The maximum atomic E-state index is 10.2. The molecule has 13 heavy (non-hydrogen) atoms. The second-order valence-electron chi connectivity index (χ2n) is 3.26. The molecule has 1 rings (SSSR count). The Morgan fingerprint density at radius 2 is 2.31 bits per heavy atom. The lowest BCUT2D eigenvalue weighted by molar-refractivity contribution is -0.131. The first-order valence-corrected chi connectivity index (χ1v) is 4.04. The van der Waals surface area contributed by atoms with Crippen LogP contribution in [0.3, 0.4) is 0 Å². The van der Waals surface area contributed by atoms with Crippen molar-refractivity contribution in [2.24, 2.45) is 0 Å². The molecule has 5 nitrogen and oxygen atoms in total. The molecule has 0 spiro atoms. The monoisotopic (exact) mass is 187 g/mol. The van der Waals surface area contributed by atoms with Gasteiger partial charge in [-0.05, 0) is 6.42 Å². The Bertz CT molecular complexity index is 228. The standard InChI is InChI=1S/C8H13NO4/c10-6-8(13)2-4-9(5-8)3-1-7(11)12/h1,3,10,13H,2,4-6H2,(H,11,12)/b3-1+. The quantitative estimate of drug-likeness (QED) is 0.494. The Balaban J connectivity index is 2.46. The highest BCUT2D eigenvalue weighted by atomic mass is 16.4. The first-order chi connectivity index (χ1) is 6.06. The first-order valence-electron chi connectivity index (χ1n) is 4.04. The Morgan fingerprint density at radius 1 is 1.62 bits per heavy atom. The molecular formula is C8H13NO4. The van der Waals surface area contributed by atoms with Gasteiger partial charge >= 0.3 is 5.97 Å². The van der Waals surface area contributed by atoms with Crippen LogP contribution in [0.15, 0.2) is 12.3 Å². The zero-order chi connectivity index (χ0) is 9.90. The van der Waals surface area contributed by atoms with Crippen molar-refractivity contribution in [1.82, 2.24) is 4.90 Å². The van der Waals surface area contributed by atoms with Crippen LogP contribution in [0.5, 0.6) is 0 Å². The average Bonchev–Trinajstić information content (AvgIpc) is 2.45. The van der Waals surface area contributed by atoms with Gasteiger partial charge in [0.1, 0.15) is 5.60 Å². The Labute approximate surface area is 75.9 Å². The summed E-state index contributed by atoms with van der Waals surface area (Å²) >= 11 is 0. The third-order valence-electron chi connectivity index (χ3n) is 2.08. The van der Waals surface area contributed by atoms with E-state index in [2.05, 4.69) is 0 Å². The number of aliphatic carboxylic acids is 1. The van der Waals surface area contributed by atoms with E-state index in [4.69, 9.17) is 10.2 Å². The number of carboxylic acid groups (broad SMARTS) is 1. The van der Waals surface area contributed by atoms with Crippen molar-refractivity contribution in [3.63, 3.8) is 0 Å². The van der Waals surface area contributed by atoms with E-state index in [1.165, 1.54) is 6.20 Å². The summed E-state index contributed by atoms with van der Waals surface area (Å²) in [5, 5.41) is 26.7. The molecule has 0 bridgehead atoms. The summed E-state index contributed by atoms with van der Waals surface area (Å²) in [5.74, 6) is -1.01. The molecule has 1 unspecified atom stereocenters. The van der Waals surface area contributed by atoms with Gasteiger partial charge in [-0.25, -0.2) is 4.79 Å². The van der Waals surface area contributed by atoms with Crippen molar-refractivity contribution in [2.75, 3.05) is 19.7 Å². The van der Waals surface area contributed by atoms with Crippen LogP contribution in [0.4, 0.5) is 0 Å². The molecule has 1 fully saturated rings. The third kappa shape index (κ3) is 2.71. The number of aliphatic hydroxyl groups excluding tert-OH is 1. The number of hydrogen-bond acceptors (Lipinski definition) is 4. The lowest BCUT2D eigenvalue weighted by Crippen LogP contribution is -2.35. The molecule has 0 aromatic carbocycles. The van der Waals surface area contributed by atoms with Gasteiger partial charge in [-0.2, -0.15) is 0 Å². The van der Waals surface area contributed by atoms with Crippen LogP contribution in [-0.2, 0) is 4.79 Å². The van der Waals surface area contributed by atoms with Crippen molar-refractivity contribution in [3.05, 3.63) is 12.3 Å². The van der Waals surface area contributed by atoms with Crippen LogP contribution in [0.2, 0.25) is 0 Å². The molecule has 1 aliphatic heterocycles. The molecule has 1 saturated heterocycles. The molecule has 1 aliphatic rings. The second kappa shape index (κ2) is 3.76. The summed E-state index contributed by atoms with van der Waals surface area (Å²) in [7, 11) is 0. The highest BCUT2D eigenvalue weighted by Crippen LogP contribution is 2.20. The van der Waals surface area contributed by atoms with E-state index >= 15 is 0 Å². The van der Waals surface area contributed by atoms with Gasteiger partial charge in [0.05, 0.1) is 6.61 Å². The molecule has 1 heterocycles. The van der Waals surface area contributed by atoms with Crippen molar-refractivity contribution in [2.45, 2.75) is 12.0 Å². The van der Waals surface area contributed by atoms with Crippen molar-refractivity contribution in [3.8, 4) is 0 Å². The van der Waals surface area contributed by atoms with E-state index in [0.29, 0.717) is 13.0 Å². The molecule has 74 valence electrons. The number of carbonyl (C=O) groups is 1. The zero-order valence-corrected chi connectivity index (χ0v) is 7.18. The lowest BCUT2D eigenvalue weighted by Gasteiger charge is -2.19. The maximum absolute atomic E-state index is 10.2. The van der Waals surface area contributed by atoms with Crippen molar-refractivity contribution < 1.29 is 20.1 Å². The topological polar surface area (TPSA) is 81.0 Å². The van der Waals surface area contributed by atoms with Gasteiger partial charge in [-0.1, -0.05) is 0 Å². The Morgan fingerprint density at radius 3 is 2.77 bits per heavy atom. The van der Waals surface area contributed by atoms with Gasteiger partial charge in [0.25, 0.3) is 0 Å². The zero-order valence-electron chi connectivity index (χ0n) is 7.18. The van der Waals surface area contributed by atoms with Gasteiger partial charge in [0.15, 0.2) is 0 Å². The van der Waals surface area contributed by atoms with E-state index in [1.807, 2.05) is 0 Å². The molecule has 0 radical (unpaired) electrons. The molecule has 0 aromatic heterocycles. The van der Waals surface area contributed by atoms with Crippen LogP contribution in [-0.4, -0.2) is 51.5 Å². The molecule has 3 N–H and O–H groups in total. The second-order valence-corrected chi connectivity index (χ2v) is 3.26. The molecule has 5 heteroatoms. The van der Waals surface area contributed by atoms with E-state index in [-0.39, 0.29) is 13.2 Å². The smallest absolute Gasteiger partial charge is 0.329 e. The maximum Gasteiger partial charge on any atom is 0.329 e. The minimum atomic E-state index is -1.07. The Kier molecular flexibility index (Phi) is 2.90. The molecule has 0 saturated carbocycles. The summed E-state index contributed by atoms with van der Waals surface area (Å²) in [6, 6.07) is 0. The SMILES string of the molecule is O=C(O)/C=C/N1CCC(O)(CO)C1. The molecule has 0 aromatic rings. The molecule has 0 amide bonds. The number of β-amino-alcohol motifs (C(OH)–C–C–N with tert-alkyl or cyclic N) is 1. The third-order valence-corrected chi connectivity index (χ3v) is 2.08.